The maximum absolute atomic E-state index is 6.01. The summed E-state index contributed by atoms with van der Waals surface area (Å²) in [6, 6.07) is 0. The van der Waals surface area contributed by atoms with Gasteiger partial charge in [0.05, 0.1) is 22.0 Å². The molecule has 0 fully saturated rings. The van der Waals surface area contributed by atoms with E-state index >= 15 is 0 Å². The molecular weight excluding hydrogens is 280 g/mol. The van der Waals surface area contributed by atoms with Gasteiger partial charge >= 0.3 is 0 Å². The van der Waals surface area contributed by atoms with Crippen molar-refractivity contribution < 1.29 is 0 Å². The Morgan fingerprint density at radius 2 is 1.94 bits per heavy atom. The number of hydrogen-bond acceptors (Lipinski definition) is 4. The lowest BCUT2D eigenvalue weighted by atomic mass is 10.3. The highest BCUT2D eigenvalue weighted by Gasteiger charge is 2.13. The van der Waals surface area contributed by atoms with Gasteiger partial charge in [0.1, 0.15) is 0 Å². The second kappa shape index (κ2) is 6.81. The van der Waals surface area contributed by atoms with Crippen LogP contribution >= 0.6 is 15.9 Å². The van der Waals surface area contributed by atoms with Crippen molar-refractivity contribution in [3.05, 3.63) is 16.9 Å². The summed E-state index contributed by atoms with van der Waals surface area (Å²) in [4.78, 5) is 8.55. The van der Waals surface area contributed by atoms with Gasteiger partial charge in [0.2, 0.25) is 0 Å². The van der Waals surface area contributed by atoms with Gasteiger partial charge in [-0.05, 0) is 36.4 Å². The van der Waals surface area contributed by atoms with E-state index in [1.807, 2.05) is 0 Å². The van der Waals surface area contributed by atoms with Gasteiger partial charge in [0, 0.05) is 25.8 Å². The lowest BCUT2D eigenvalue weighted by Gasteiger charge is -2.27. The largest absolute Gasteiger partial charge is 0.396 e. The Labute approximate surface area is 112 Å². The van der Waals surface area contributed by atoms with Gasteiger partial charge in [0.25, 0.3) is 0 Å². The molecule has 0 amide bonds. The van der Waals surface area contributed by atoms with Crippen molar-refractivity contribution in [3.8, 4) is 0 Å². The third-order valence-corrected chi connectivity index (χ3v) is 3.11. The molecule has 0 aliphatic rings. The van der Waals surface area contributed by atoms with Crippen molar-refractivity contribution >= 4 is 27.3 Å². The molecule has 0 radical (unpaired) electrons. The summed E-state index contributed by atoms with van der Waals surface area (Å²) in [6.45, 7) is 5.15. The van der Waals surface area contributed by atoms with Crippen LogP contribution in [0.15, 0.2) is 16.9 Å². The first-order valence-electron chi connectivity index (χ1n) is 5.85. The Bertz CT molecular complexity index is 334. The molecule has 4 nitrogen and oxygen atoms in total. The number of anilines is 2. The fraction of sp³-hybridized carbons (Fsp3) is 0.583. The Balaban J connectivity index is 2.88. The fourth-order valence-corrected chi connectivity index (χ4v) is 2.30. The highest BCUT2D eigenvalue weighted by molar-refractivity contribution is 9.10. The van der Waals surface area contributed by atoms with E-state index in [-0.39, 0.29) is 0 Å². The minimum absolute atomic E-state index is 0.728. The zero-order chi connectivity index (χ0) is 12.8. The van der Waals surface area contributed by atoms with Crippen LogP contribution in [0.1, 0.15) is 13.3 Å². The fourth-order valence-electron chi connectivity index (χ4n) is 1.70. The van der Waals surface area contributed by atoms with Crippen molar-refractivity contribution in [1.82, 2.24) is 9.88 Å². The first kappa shape index (κ1) is 14.3. The summed E-state index contributed by atoms with van der Waals surface area (Å²) >= 11 is 3.53. The van der Waals surface area contributed by atoms with E-state index in [0.717, 1.165) is 41.9 Å². The molecule has 0 aliphatic heterocycles. The van der Waals surface area contributed by atoms with Gasteiger partial charge in [-0.25, -0.2) is 0 Å². The van der Waals surface area contributed by atoms with Gasteiger partial charge in [-0.15, -0.1) is 0 Å². The van der Waals surface area contributed by atoms with Crippen molar-refractivity contribution in [1.29, 1.82) is 0 Å². The normalized spacial score (nSPS) is 10.9. The van der Waals surface area contributed by atoms with Crippen molar-refractivity contribution in [2.24, 2.45) is 0 Å². The Hall–Kier alpha value is -0.810. The number of nitrogens with two attached hydrogens (primary N) is 1. The highest BCUT2D eigenvalue weighted by Crippen LogP contribution is 2.31. The van der Waals surface area contributed by atoms with E-state index < -0.39 is 0 Å². The number of nitrogens with zero attached hydrogens (tertiary/aromatic N) is 3. The Morgan fingerprint density at radius 3 is 2.47 bits per heavy atom. The van der Waals surface area contributed by atoms with Crippen molar-refractivity contribution in [2.75, 3.05) is 44.4 Å². The molecule has 0 atom stereocenters. The molecule has 1 aromatic heterocycles. The third-order valence-electron chi connectivity index (χ3n) is 2.53. The Kier molecular flexibility index (Phi) is 5.71. The molecule has 1 rings (SSSR count). The second-order valence-electron chi connectivity index (χ2n) is 4.35. The lowest BCUT2D eigenvalue weighted by molar-refractivity contribution is 0.413. The van der Waals surface area contributed by atoms with Crippen LogP contribution in [-0.4, -0.2) is 43.6 Å². The SMILES string of the molecule is CCCN(CCN(C)C)c1c(N)cncc1Br. The molecular formula is C12H21BrN4. The van der Waals surface area contributed by atoms with Crippen LogP contribution in [0.2, 0.25) is 0 Å². The smallest absolute Gasteiger partial charge is 0.0776 e. The topological polar surface area (TPSA) is 45.4 Å². The van der Waals surface area contributed by atoms with E-state index in [1.54, 1.807) is 12.4 Å². The van der Waals surface area contributed by atoms with Gasteiger partial charge in [-0.2, -0.15) is 0 Å². The number of nitrogen functional groups attached to an aromatic ring is 1. The van der Waals surface area contributed by atoms with E-state index in [2.05, 4.69) is 51.7 Å². The average molecular weight is 301 g/mol. The maximum Gasteiger partial charge on any atom is 0.0776 e. The number of rotatable bonds is 6. The van der Waals surface area contributed by atoms with Crippen LogP contribution in [0.25, 0.3) is 0 Å². The van der Waals surface area contributed by atoms with Crippen LogP contribution in [0.4, 0.5) is 11.4 Å². The van der Waals surface area contributed by atoms with Crippen molar-refractivity contribution in [3.63, 3.8) is 0 Å². The molecule has 0 aliphatic carbocycles. The summed E-state index contributed by atoms with van der Waals surface area (Å²) in [7, 11) is 4.16. The van der Waals surface area contributed by atoms with E-state index in [0.29, 0.717) is 0 Å². The van der Waals surface area contributed by atoms with E-state index in [4.69, 9.17) is 5.73 Å². The summed E-state index contributed by atoms with van der Waals surface area (Å²) in [5.41, 5.74) is 7.80. The Morgan fingerprint density at radius 1 is 1.24 bits per heavy atom. The predicted molar refractivity (Wildman–Crippen MR) is 77.4 cm³/mol. The van der Waals surface area contributed by atoms with Crippen LogP contribution < -0.4 is 10.6 Å². The first-order valence-corrected chi connectivity index (χ1v) is 6.64. The molecule has 0 saturated heterocycles. The van der Waals surface area contributed by atoms with Gasteiger partial charge in [-0.3, -0.25) is 4.98 Å². The quantitative estimate of drug-likeness (QED) is 0.875. The van der Waals surface area contributed by atoms with Gasteiger partial charge < -0.3 is 15.5 Å². The lowest BCUT2D eigenvalue weighted by Crippen LogP contribution is -2.33. The van der Waals surface area contributed by atoms with Crippen LogP contribution in [0, 0.1) is 0 Å². The molecule has 1 aromatic rings. The van der Waals surface area contributed by atoms with E-state index in [9.17, 15) is 0 Å². The van der Waals surface area contributed by atoms with Crippen LogP contribution in [0.3, 0.4) is 0 Å². The molecule has 1 heterocycles. The van der Waals surface area contributed by atoms with Crippen molar-refractivity contribution in [2.45, 2.75) is 13.3 Å². The molecule has 5 heteroatoms. The number of halogens is 1. The molecule has 0 spiro atoms. The predicted octanol–water partition coefficient (Wildman–Crippen LogP) is 2.20. The number of hydrogen-bond donors (Lipinski definition) is 1. The standard InChI is InChI=1S/C12H21BrN4/c1-4-5-17(7-6-16(2)3)12-10(13)8-15-9-11(12)14/h8-9H,4-7,14H2,1-3H3. The molecule has 0 unspecified atom stereocenters. The van der Waals surface area contributed by atoms with Crippen LogP contribution in [0.5, 0.6) is 0 Å². The summed E-state index contributed by atoms with van der Waals surface area (Å²) in [5, 5.41) is 0. The molecule has 2 N–H and O–H groups in total. The van der Waals surface area contributed by atoms with E-state index in [1.165, 1.54) is 0 Å². The zero-order valence-corrected chi connectivity index (χ0v) is 12.4. The average Bonchev–Trinajstić information content (AvgIpc) is 2.25. The molecule has 17 heavy (non-hydrogen) atoms. The first-order chi connectivity index (χ1) is 8.06. The molecule has 0 aromatic carbocycles. The number of pyridine rings is 1. The highest BCUT2D eigenvalue weighted by atomic mass is 79.9. The summed E-state index contributed by atoms with van der Waals surface area (Å²) in [5.74, 6) is 0. The minimum atomic E-state index is 0.728. The second-order valence-corrected chi connectivity index (χ2v) is 5.20. The van der Waals surface area contributed by atoms with Gasteiger partial charge in [0.15, 0.2) is 0 Å². The van der Waals surface area contributed by atoms with Crippen LogP contribution in [-0.2, 0) is 0 Å². The molecule has 0 bridgehead atoms. The monoisotopic (exact) mass is 300 g/mol. The minimum Gasteiger partial charge on any atom is -0.396 e. The van der Waals surface area contributed by atoms with Gasteiger partial charge in [-0.1, -0.05) is 6.92 Å². The number of likely N-dealkylation sites (N-methyl/N-ethyl adjacent to an activating group) is 1. The maximum atomic E-state index is 6.01. The third kappa shape index (κ3) is 4.16. The zero-order valence-electron chi connectivity index (χ0n) is 10.8. The number of aromatic nitrogens is 1. The molecule has 96 valence electrons. The summed E-state index contributed by atoms with van der Waals surface area (Å²) < 4.78 is 0.963. The summed E-state index contributed by atoms with van der Waals surface area (Å²) in [6.07, 6.45) is 4.60. The molecule has 0 saturated carbocycles.